The number of ether oxygens (including phenoxy) is 2. The summed E-state index contributed by atoms with van der Waals surface area (Å²) in [5, 5.41) is 7.39. The van der Waals surface area contributed by atoms with Crippen molar-refractivity contribution in [2.45, 2.75) is 26.1 Å². The first-order valence-electron chi connectivity index (χ1n) is 10.7. The topological polar surface area (TPSA) is 102 Å². The lowest BCUT2D eigenvalue weighted by Gasteiger charge is -2.14. The summed E-state index contributed by atoms with van der Waals surface area (Å²) in [6.07, 6.45) is -1.72. The van der Waals surface area contributed by atoms with Crippen molar-refractivity contribution >= 4 is 29.1 Å². The molecule has 0 aliphatic heterocycles. The predicted octanol–water partition coefficient (Wildman–Crippen LogP) is 6.21. The minimum Gasteiger partial charge on any atom is -0.457 e. The number of hydrogen-bond donors (Lipinski definition) is 3. The zero-order valence-electron chi connectivity index (χ0n) is 18.8. The number of benzene rings is 2. The van der Waals surface area contributed by atoms with Crippen molar-refractivity contribution in [3.8, 4) is 17.2 Å². The van der Waals surface area contributed by atoms with Crippen LogP contribution < -0.4 is 25.4 Å². The number of aryl methyl sites for hydroxylation is 1. The Balaban J connectivity index is 1.38. The maximum absolute atomic E-state index is 14.0. The average molecular weight is 504 g/mol. The summed E-state index contributed by atoms with van der Waals surface area (Å²) in [5.74, 6) is -0.423. The Morgan fingerprint density at radius 2 is 1.61 bits per heavy atom. The Bertz CT molecular complexity index is 1300. The molecule has 12 heteroatoms. The van der Waals surface area contributed by atoms with Crippen molar-refractivity contribution in [1.82, 2.24) is 4.98 Å². The third kappa shape index (κ3) is 6.84. The summed E-state index contributed by atoms with van der Waals surface area (Å²) in [4.78, 5) is 28.3. The normalized spacial score (nSPS) is 13.0. The summed E-state index contributed by atoms with van der Waals surface area (Å²) in [6.45, 7) is 1.69. The molecule has 4 rings (SSSR count). The Morgan fingerprint density at radius 1 is 0.917 bits per heavy atom. The third-order valence-electron chi connectivity index (χ3n) is 5.03. The number of rotatable bonds is 7. The van der Waals surface area contributed by atoms with E-state index in [0.717, 1.165) is 31.0 Å². The molecule has 36 heavy (non-hydrogen) atoms. The SMILES string of the molecule is Cc1cc(Oc2ccnc(NC(=O)C3CC3)c2)ccc1NC(=O)Nc1cc(OC(F)(F)F)ccc1F. The number of alkyl halides is 3. The van der Waals surface area contributed by atoms with E-state index in [1.807, 2.05) is 0 Å². The largest absolute Gasteiger partial charge is 0.573 e. The van der Waals surface area contributed by atoms with Crippen LogP contribution in [0.3, 0.4) is 0 Å². The highest BCUT2D eigenvalue weighted by atomic mass is 19.4. The lowest BCUT2D eigenvalue weighted by molar-refractivity contribution is -0.274. The zero-order chi connectivity index (χ0) is 25.9. The second-order valence-electron chi connectivity index (χ2n) is 7.99. The molecule has 1 aliphatic rings. The van der Waals surface area contributed by atoms with E-state index in [4.69, 9.17) is 4.74 Å². The molecule has 3 N–H and O–H groups in total. The Hall–Kier alpha value is -4.35. The smallest absolute Gasteiger partial charge is 0.457 e. The van der Waals surface area contributed by atoms with Gasteiger partial charge in [0.2, 0.25) is 5.91 Å². The van der Waals surface area contributed by atoms with Crippen LogP contribution in [-0.2, 0) is 4.79 Å². The number of nitrogens with one attached hydrogen (secondary N) is 3. The van der Waals surface area contributed by atoms with Crippen molar-refractivity contribution in [2.24, 2.45) is 5.92 Å². The monoisotopic (exact) mass is 504 g/mol. The fraction of sp³-hybridized carbons (Fsp3) is 0.208. The van der Waals surface area contributed by atoms with Crippen LogP contribution in [-0.4, -0.2) is 23.3 Å². The van der Waals surface area contributed by atoms with Crippen molar-refractivity contribution in [3.63, 3.8) is 0 Å². The maximum Gasteiger partial charge on any atom is 0.573 e. The van der Waals surface area contributed by atoms with Gasteiger partial charge < -0.3 is 25.4 Å². The quantitative estimate of drug-likeness (QED) is 0.332. The van der Waals surface area contributed by atoms with Crippen molar-refractivity contribution in [2.75, 3.05) is 16.0 Å². The molecule has 0 bridgehead atoms. The summed E-state index contributed by atoms with van der Waals surface area (Å²) in [6, 6.07) is 9.34. The van der Waals surface area contributed by atoms with Gasteiger partial charge in [-0.2, -0.15) is 0 Å². The zero-order valence-corrected chi connectivity index (χ0v) is 18.8. The van der Waals surface area contributed by atoms with Crippen LogP contribution in [0.4, 0.5) is 39.5 Å². The van der Waals surface area contributed by atoms with E-state index >= 15 is 0 Å². The number of amides is 3. The van der Waals surface area contributed by atoms with E-state index in [0.29, 0.717) is 28.6 Å². The standard InChI is InChI=1S/C24H20F4N4O4/c1-13-10-15(35-16-8-9-29-21(12-16)32-22(33)14-2-3-14)5-7-19(13)30-23(34)31-20-11-17(4-6-18(20)25)36-24(26,27)28/h4-12,14H,2-3H2,1H3,(H,29,32,33)(H2,30,31,34). The number of pyridine rings is 1. The molecule has 0 radical (unpaired) electrons. The lowest BCUT2D eigenvalue weighted by Crippen LogP contribution is -2.21. The summed E-state index contributed by atoms with van der Waals surface area (Å²) in [7, 11) is 0. The molecule has 0 unspecified atom stereocenters. The third-order valence-corrected chi connectivity index (χ3v) is 5.03. The maximum atomic E-state index is 14.0. The minimum absolute atomic E-state index is 0.0323. The van der Waals surface area contributed by atoms with Gasteiger partial charge >= 0.3 is 12.4 Å². The van der Waals surface area contributed by atoms with Crippen molar-refractivity contribution < 1.29 is 36.6 Å². The van der Waals surface area contributed by atoms with Gasteiger partial charge in [0.15, 0.2) is 0 Å². The lowest BCUT2D eigenvalue weighted by atomic mass is 10.2. The van der Waals surface area contributed by atoms with Crippen LogP contribution in [0, 0.1) is 18.7 Å². The Morgan fingerprint density at radius 3 is 2.31 bits per heavy atom. The molecule has 1 aliphatic carbocycles. The van der Waals surface area contributed by atoms with E-state index in [1.165, 1.54) is 6.20 Å². The van der Waals surface area contributed by atoms with Crippen LogP contribution >= 0.6 is 0 Å². The van der Waals surface area contributed by atoms with Gasteiger partial charge in [-0.15, -0.1) is 13.2 Å². The van der Waals surface area contributed by atoms with E-state index < -0.39 is 29.6 Å². The molecular weight excluding hydrogens is 484 g/mol. The number of anilines is 3. The molecule has 1 aromatic heterocycles. The number of hydrogen-bond acceptors (Lipinski definition) is 5. The first kappa shape index (κ1) is 24.8. The highest BCUT2D eigenvalue weighted by Crippen LogP contribution is 2.31. The number of carbonyl (C=O) groups is 2. The van der Waals surface area contributed by atoms with E-state index in [1.54, 1.807) is 37.3 Å². The number of nitrogens with zero attached hydrogens (tertiary/aromatic N) is 1. The van der Waals surface area contributed by atoms with Crippen LogP contribution in [0.5, 0.6) is 17.2 Å². The molecule has 188 valence electrons. The van der Waals surface area contributed by atoms with Crippen LogP contribution in [0.25, 0.3) is 0 Å². The molecule has 3 aromatic rings. The number of urea groups is 1. The van der Waals surface area contributed by atoms with Gasteiger partial charge in [-0.05, 0) is 61.7 Å². The van der Waals surface area contributed by atoms with Crippen molar-refractivity contribution in [3.05, 3.63) is 66.1 Å². The first-order valence-corrected chi connectivity index (χ1v) is 10.7. The fourth-order valence-corrected chi connectivity index (χ4v) is 3.17. The van der Waals surface area contributed by atoms with Gasteiger partial charge in [0.1, 0.15) is 28.9 Å². The molecule has 1 fully saturated rings. The summed E-state index contributed by atoms with van der Waals surface area (Å²) in [5.41, 5.74) is 0.456. The molecule has 0 spiro atoms. The highest BCUT2D eigenvalue weighted by molar-refractivity contribution is 6.00. The number of aromatic nitrogens is 1. The molecule has 0 atom stereocenters. The Labute approximate surface area is 202 Å². The van der Waals surface area contributed by atoms with Gasteiger partial charge in [-0.3, -0.25) is 4.79 Å². The van der Waals surface area contributed by atoms with Gasteiger partial charge in [-0.25, -0.2) is 14.2 Å². The predicted molar refractivity (Wildman–Crippen MR) is 123 cm³/mol. The molecule has 1 heterocycles. The summed E-state index contributed by atoms with van der Waals surface area (Å²) >= 11 is 0. The van der Waals surface area contributed by atoms with Gasteiger partial charge in [0.05, 0.1) is 5.69 Å². The second-order valence-corrected chi connectivity index (χ2v) is 7.99. The fourth-order valence-electron chi connectivity index (χ4n) is 3.17. The molecular formula is C24H20F4N4O4. The molecule has 1 saturated carbocycles. The molecule has 3 amide bonds. The Kier molecular flexibility index (Phi) is 6.95. The van der Waals surface area contributed by atoms with Crippen LogP contribution in [0.15, 0.2) is 54.7 Å². The van der Waals surface area contributed by atoms with E-state index in [2.05, 4.69) is 25.7 Å². The molecule has 8 nitrogen and oxygen atoms in total. The van der Waals surface area contributed by atoms with Gasteiger partial charge in [0.25, 0.3) is 0 Å². The second kappa shape index (κ2) is 10.1. The van der Waals surface area contributed by atoms with Gasteiger partial charge in [0, 0.05) is 29.9 Å². The molecule has 0 saturated heterocycles. The summed E-state index contributed by atoms with van der Waals surface area (Å²) < 4.78 is 60.7. The average Bonchev–Trinajstić information content (AvgIpc) is 3.63. The number of carbonyl (C=O) groups excluding carboxylic acids is 2. The van der Waals surface area contributed by atoms with Crippen molar-refractivity contribution in [1.29, 1.82) is 0 Å². The highest BCUT2D eigenvalue weighted by Gasteiger charge is 2.31. The first-order chi connectivity index (χ1) is 17.1. The molecule has 2 aromatic carbocycles. The minimum atomic E-state index is -4.96. The van der Waals surface area contributed by atoms with E-state index in [9.17, 15) is 27.2 Å². The van der Waals surface area contributed by atoms with Crippen LogP contribution in [0.2, 0.25) is 0 Å². The van der Waals surface area contributed by atoms with Gasteiger partial charge in [-0.1, -0.05) is 0 Å². The van der Waals surface area contributed by atoms with E-state index in [-0.39, 0.29) is 11.8 Å². The van der Waals surface area contributed by atoms with Crippen LogP contribution in [0.1, 0.15) is 18.4 Å². The number of halogens is 4.